The van der Waals surface area contributed by atoms with Crippen LogP contribution in [-0.2, 0) is 9.59 Å². The summed E-state index contributed by atoms with van der Waals surface area (Å²) in [4.78, 5) is 40.2. The summed E-state index contributed by atoms with van der Waals surface area (Å²) in [5, 5.41) is 2.94. The van der Waals surface area contributed by atoms with Gasteiger partial charge in [-0.25, -0.2) is 0 Å². The second-order valence-corrected chi connectivity index (χ2v) is 8.65. The van der Waals surface area contributed by atoms with Crippen LogP contribution in [0.5, 0.6) is 0 Å². The van der Waals surface area contributed by atoms with Gasteiger partial charge in [0.25, 0.3) is 5.91 Å². The molecule has 1 heterocycles. The van der Waals surface area contributed by atoms with Crippen LogP contribution >= 0.6 is 0 Å². The van der Waals surface area contributed by atoms with Crippen molar-refractivity contribution < 1.29 is 14.4 Å². The van der Waals surface area contributed by atoms with E-state index in [1.54, 1.807) is 24.3 Å². The number of nitrogens with zero attached hydrogens (tertiary/aromatic N) is 1. The summed E-state index contributed by atoms with van der Waals surface area (Å²) in [5.41, 5.74) is 3.82. The maximum atomic E-state index is 13.0. The lowest BCUT2D eigenvalue weighted by molar-refractivity contribution is -0.123. The number of hydrogen-bond acceptors (Lipinski definition) is 3. The largest absolute Gasteiger partial charge is 0.322 e. The third kappa shape index (κ3) is 2.71. The maximum absolute atomic E-state index is 13.0. The van der Waals surface area contributed by atoms with Gasteiger partial charge >= 0.3 is 0 Å². The standard InChI is InChI=1S/C24H24N2O3/c1-13-5-3-8-19(14(13)2)25-22(27)17-6-4-7-18(12-17)26-23(28)20-15-9-10-16(11-15)21(20)24(26)29/h3-8,12,15-16,20-21H,9-11H2,1-2H3,(H,25,27)/t15-,16+,20-,21-/m0/s1. The van der Waals surface area contributed by atoms with Crippen molar-refractivity contribution in [2.75, 3.05) is 10.2 Å². The van der Waals surface area contributed by atoms with E-state index >= 15 is 0 Å². The summed E-state index contributed by atoms with van der Waals surface area (Å²) >= 11 is 0. The molecule has 0 unspecified atom stereocenters. The molecule has 2 bridgehead atoms. The quantitative estimate of drug-likeness (QED) is 0.806. The monoisotopic (exact) mass is 388 g/mol. The first-order chi connectivity index (χ1) is 14.0. The number of carbonyl (C=O) groups is 3. The zero-order chi connectivity index (χ0) is 20.3. The molecule has 5 rings (SSSR count). The molecule has 2 aromatic rings. The first kappa shape index (κ1) is 18.1. The lowest BCUT2D eigenvalue weighted by atomic mass is 9.81. The van der Waals surface area contributed by atoms with Crippen molar-refractivity contribution in [1.29, 1.82) is 0 Å². The minimum Gasteiger partial charge on any atom is -0.322 e. The molecule has 1 aliphatic heterocycles. The Morgan fingerprint density at radius 3 is 2.31 bits per heavy atom. The summed E-state index contributed by atoms with van der Waals surface area (Å²) in [6.07, 6.45) is 3.12. The Kier molecular flexibility index (Phi) is 4.09. The smallest absolute Gasteiger partial charge is 0.255 e. The van der Waals surface area contributed by atoms with Crippen molar-refractivity contribution in [3.05, 3.63) is 59.2 Å². The average molecular weight is 388 g/mol. The normalized spacial score (nSPS) is 27.4. The zero-order valence-electron chi connectivity index (χ0n) is 16.6. The Bertz CT molecular complexity index is 1020. The molecule has 1 saturated heterocycles. The Labute approximate surface area is 170 Å². The van der Waals surface area contributed by atoms with Crippen LogP contribution in [0.4, 0.5) is 11.4 Å². The molecule has 1 N–H and O–H groups in total. The van der Waals surface area contributed by atoms with E-state index in [0.717, 1.165) is 36.1 Å². The Balaban J connectivity index is 1.42. The average Bonchev–Trinajstić information content (AvgIpc) is 3.39. The highest BCUT2D eigenvalue weighted by molar-refractivity contribution is 6.23. The first-order valence-corrected chi connectivity index (χ1v) is 10.3. The predicted molar refractivity (Wildman–Crippen MR) is 111 cm³/mol. The number of rotatable bonds is 3. The predicted octanol–water partition coefficient (Wildman–Crippen LogP) is 4.09. The number of nitrogens with one attached hydrogen (secondary N) is 1. The van der Waals surface area contributed by atoms with Crippen LogP contribution in [0.1, 0.15) is 40.7 Å². The van der Waals surface area contributed by atoms with Crippen LogP contribution in [-0.4, -0.2) is 17.7 Å². The first-order valence-electron chi connectivity index (χ1n) is 10.3. The van der Waals surface area contributed by atoms with Gasteiger partial charge in [0.05, 0.1) is 17.5 Å². The molecule has 0 spiro atoms. The van der Waals surface area contributed by atoms with Crippen molar-refractivity contribution in [2.24, 2.45) is 23.7 Å². The van der Waals surface area contributed by atoms with Crippen LogP contribution in [0.15, 0.2) is 42.5 Å². The fourth-order valence-corrected chi connectivity index (χ4v) is 5.53. The third-order valence-corrected chi connectivity index (χ3v) is 7.15. The molecule has 5 heteroatoms. The van der Waals surface area contributed by atoms with Crippen LogP contribution < -0.4 is 10.2 Å². The molecule has 0 aromatic heterocycles. The Hall–Kier alpha value is -2.95. The van der Waals surface area contributed by atoms with Gasteiger partial charge in [0.2, 0.25) is 11.8 Å². The topological polar surface area (TPSA) is 66.5 Å². The van der Waals surface area contributed by atoms with E-state index < -0.39 is 0 Å². The highest BCUT2D eigenvalue weighted by Crippen LogP contribution is 2.56. The molecule has 3 aliphatic rings. The van der Waals surface area contributed by atoms with Gasteiger partial charge in [0, 0.05) is 11.3 Å². The van der Waals surface area contributed by atoms with E-state index in [1.165, 1.54) is 4.90 Å². The minimum absolute atomic E-state index is 0.0840. The second-order valence-electron chi connectivity index (χ2n) is 8.65. The number of imide groups is 1. The fraction of sp³-hybridized carbons (Fsp3) is 0.375. The summed E-state index contributed by atoms with van der Waals surface area (Å²) < 4.78 is 0. The van der Waals surface area contributed by atoms with Gasteiger partial charge in [0.15, 0.2) is 0 Å². The Morgan fingerprint density at radius 2 is 1.62 bits per heavy atom. The van der Waals surface area contributed by atoms with Gasteiger partial charge in [-0.3, -0.25) is 19.3 Å². The van der Waals surface area contributed by atoms with Crippen LogP contribution in [0.25, 0.3) is 0 Å². The number of amides is 3. The molecular weight excluding hydrogens is 364 g/mol. The molecule has 29 heavy (non-hydrogen) atoms. The molecule has 5 nitrogen and oxygen atoms in total. The van der Waals surface area contributed by atoms with Crippen molar-refractivity contribution >= 4 is 29.1 Å². The minimum atomic E-state index is -0.250. The molecular formula is C24H24N2O3. The van der Waals surface area contributed by atoms with Crippen LogP contribution in [0, 0.1) is 37.5 Å². The van der Waals surface area contributed by atoms with E-state index in [2.05, 4.69) is 5.32 Å². The number of carbonyl (C=O) groups excluding carboxylic acids is 3. The zero-order valence-corrected chi connectivity index (χ0v) is 16.6. The highest BCUT2D eigenvalue weighted by atomic mass is 16.2. The van der Waals surface area contributed by atoms with E-state index in [4.69, 9.17) is 0 Å². The molecule has 3 fully saturated rings. The van der Waals surface area contributed by atoms with Gasteiger partial charge in [0.1, 0.15) is 0 Å². The van der Waals surface area contributed by atoms with Crippen molar-refractivity contribution in [3.63, 3.8) is 0 Å². The summed E-state index contributed by atoms with van der Waals surface area (Å²) in [5.74, 6) is -0.0368. The van der Waals surface area contributed by atoms with Gasteiger partial charge < -0.3 is 5.32 Å². The van der Waals surface area contributed by atoms with E-state index in [9.17, 15) is 14.4 Å². The lowest BCUT2D eigenvalue weighted by Gasteiger charge is -2.19. The van der Waals surface area contributed by atoms with E-state index in [0.29, 0.717) is 23.1 Å². The maximum Gasteiger partial charge on any atom is 0.255 e. The summed E-state index contributed by atoms with van der Waals surface area (Å²) in [6.45, 7) is 3.97. The van der Waals surface area contributed by atoms with Crippen molar-refractivity contribution in [2.45, 2.75) is 33.1 Å². The number of anilines is 2. The van der Waals surface area contributed by atoms with Gasteiger partial charge in [-0.2, -0.15) is 0 Å². The Morgan fingerprint density at radius 1 is 0.966 bits per heavy atom. The lowest BCUT2D eigenvalue weighted by Crippen LogP contribution is -2.33. The number of fused-ring (bicyclic) bond motifs is 5. The molecule has 2 aliphatic carbocycles. The second kappa shape index (κ2) is 6.55. The number of benzene rings is 2. The molecule has 4 atom stereocenters. The SMILES string of the molecule is Cc1cccc(NC(=O)c2cccc(N3C(=O)[C@H]4[C@@H]5CC[C@@H](C5)[C@@H]4C3=O)c2)c1C. The highest BCUT2D eigenvalue weighted by Gasteiger charge is 2.61. The van der Waals surface area contributed by atoms with Crippen LogP contribution in [0.3, 0.4) is 0 Å². The van der Waals surface area contributed by atoms with E-state index in [1.807, 2.05) is 32.0 Å². The molecule has 3 amide bonds. The molecule has 2 aromatic carbocycles. The molecule has 148 valence electrons. The van der Waals surface area contributed by atoms with E-state index in [-0.39, 0.29) is 29.6 Å². The number of hydrogen-bond donors (Lipinski definition) is 1. The fourth-order valence-electron chi connectivity index (χ4n) is 5.53. The third-order valence-electron chi connectivity index (χ3n) is 7.15. The molecule has 2 saturated carbocycles. The van der Waals surface area contributed by atoms with Crippen molar-refractivity contribution in [1.82, 2.24) is 0 Å². The summed E-state index contributed by atoms with van der Waals surface area (Å²) in [6, 6.07) is 12.6. The summed E-state index contributed by atoms with van der Waals surface area (Å²) in [7, 11) is 0. The van der Waals surface area contributed by atoms with Gasteiger partial charge in [-0.15, -0.1) is 0 Å². The van der Waals surface area contributed by atoms with Crippen LogP contribution in [0.2, 0.25) is 0 Å². The van der Waals surface area contributed by atoms with Gasteiger partial charge in [-0.05, 0) is 80.3 Å². The molecule has 0 radical (unpaired) electrons. The van der Waals surface area contributed by atoms with Crippen molar-refractivity contribution in [3.8, 4) is 0 Å². The van der Waals surface area contributed by atoms with Gasteiger partial charge in [-0.1, -0.05) is 18.2 Å². The number of aryl methyl sites for hydroxylation is 1.